The summed E-state index contributed by atoms with van der Waals surface area (Å²) in [6.07, 6.45) is 0. The molecule has 0 aliphatic rings. The minimum atomic E-state index is -0.165. The summed E-state index contributed by atoms with van der Waals surface area (Å²) in [7, 11) is 0. The van der Waals surface area contributed by atoms with Gasteiger partial charge in [0.1, 0.15) is 17.6 Å². The maximum Gasteiger partial charge on any atom is 0.119 e. The molecule has 0 heterocycles. The van der Waals surface area contributed by atoms with Crippen molar-refractivity contribution >= 4 is 21.6 Å². The highest BCUT2D eigenvalue weighted by Gasteiger charge is 2.10. The van der Waals surface area contributed by atoms with Crippen LogP contribution in [0.3, 0.4) is 0 Å². The number of nitrogens with one attached hydrogen (secondary N) is 1. The number of nitrogens with zero attached hydrogens (tertiary/aromatic N) is 1. The molecule has 0 saturated carbocycles. The molecule has 2 aromatic carbocycles. The Kier molecular flexibility index (Phi) is 4.16. The summed E-state index contributed by atoms with van der Waals surface area (Å²) < 4.78 is 0.835. The van der Waals surface area contributed by atoms with E-state index >= 15 is 0 Å². The van der Waals surface area contributed by atoms with Gasteiger partial charge in [-0.3, -0.25) is 0 Å². The molecular weight excluding hydrogens is 320 g/mol. The first-order valence-electron chi connectivity index (χ1n) is 5.98. The zero-order valence-electron chi connectivity index (χ0n) is 10.8. The van der Waals surface area contributed by atoms with Crippen molar-refractivity contribution in [2.45, 2.75) is 13.0 Å². The van der Waals surface area contributed by atoms with Crippen LogP contribution >= 0.6 is 15.9 Å². The topological polar surface area (TPSA) is 76.3 Å². The number of phenolic OH excluding ortho intramolecular Hbond substituents is 2. The zero-order chi connectivity index (χ0) is 14.7. The van der Waals surface area contributed by atoms with E-state index < -0.39 is 0 Å². The van der Waals surface area contributed by atoms with E-state index in [-0.39, 0.29) is 17.5 Å². The Labute approximate surface area is 125 Å². The van der Waals surface area contributed by atoms with Crippen LogP contribution in [0.25, 0.3) is 0 Å². The van der Waals surface area contributed by atoms with E-state index in [1.54, 1.807) is 18.2 Å². The summed E-state index contributed by atoms with van der Waals surface area (Å²) >= 11 is 3.32. The number of hydrogen-bond acceptors (Lipinski definition) is 4. The quantitative estimate of drug-likeness (QED) is 0.796. The first-order chi connectivity index (χ1) is 9.49. The average molecular weight is 333 g/mol. The molecule has 0 amide bonds. The van der Waals surface area contributed by atoms with Crippen LogP contribution in [0.1, 0.15) is 24.1 Å². The van der Waals surface area contributed by atoms with Gasteiger partial charge in [0.05, 0.1) is 11.3 Å². The molecule has 2 aromatic rings. The van der Waals surface area contributed by atoms with E-state index in [1.165, 1.54) is 6.07 Å². The lowest BCUT2D eigenvalue weighted by Crippen LogP contribution is -2.07. The van der Waals surface area contributed by atoms with Gasteiger partial charge in [-0.1, -0.05) is 15.9 Å². The van der Waals surface area contributed by atoms with Crippen LogP contribution in [0.15, 0.2) is 40.9 Å². The molecule has 0 aliphatic carbocycles. The van der Waals surface area contributed by atoms with E-state index in [0.29, 0.717) is 11.3 Å². The Morgan fingerprint density at radius 3 is 2.40 bits per heavy atom. The molecule has 0 bridgehead atoms. The summed E-state index contributed by atoms with van der Waals surface area (Å²) in [4.78, 5) is 0. The molecule has 0 radical (unpaired) electrons. The predicted octanol–water partition coefficient (Wildman–Crippen LogP) is 3.91. The summed E-state index contributed by atoms with van der Waals surface area (Å²) in [6.45, 7) is 1.89. The molecule has 20 heavy (non-hydrogen) atoms. The molecule has 0 saturated heterocycles. The smallest absolute Gasteiger partial charge is 0.119 e. The van der Waals surface area contributed by atoms with E-state index in [0.717, 1.165) is 10.0 Å². The second-order valence-corrected chi connectivity index (χ2v) is 5.37. The Balaban J connectivity index is 2.28. The Morgan fingerprint density at radius 2 is 1.80 bits per heavy atom. The number of benzene rings is 2. The van der Waals surface area contributed by atoms with Crippen LogP contribution < -0.4 is 5.32 Å². The number of phenols is 2. The maximum atomic E-state index is 9.50. The van der Waals surface area contributed by atoms with Crippen molar-refractivity contribution in [2.75, 3.05) is 5.32 Å². The van der Waals surface area contributed by atoms with Crippen LogP contribution in [0, 0.1) is 11.3 Å². The van der Waals surface area contributed by atoms with E-state index in [4.69, 9.17) is 5.26 Å². The standard InChI is InChI=1S/C15H13BrN2O2/c1-9(10-5-13(19)7-14(20)6-10)18-15-3-2-12(16)4-11(15)8-17/h2-7,9,18-20H,1H3. The molecule has 4 nitrogen and oxygen atoms in total. The third-order valence-electron chi connectivity index (χ3n) is 2.90. The highest BCUT2D eigenvalue weighted by atomic mass is 79.9. The van der Waals surface area contributed by atoms with Crippen molar-refractivity contribution in [3.8, 4) is 17.6 Å². The monoisotopic (exact) mass is 332 g/mol. The number of hydrogen-bond donors (Lipinski definition) is 3. The van der Waals surface area contributed by atoms with E-state index in [2.05, 4.69) is 27.3 Å². The summed E-state index contributed by atoms with van der Waals surface area (Å²) in [5.74, 6) is 0.00919. The zero-order valence-corrected chi connectivity index (χ0v) is 12.3. The third-order valence-corrected chi connectivity index (χ3v) is 3.39. The lowest BCUT2D eigenvalue weighted by Gasteiger charge is -2.17. The van der Waals surface area contributed by atoms with Gasteiger partial charge in [-0.05, 0) is 42.8 Å². The van der Waals surface area contributed by atoms with Gasteiger partial charge < -0.3 is 15.5 Å². The van der Waals surface area contributed by atoms with Gasteiger partial charge in [-0.15, -0.1) is 0 Å². The number of nitriles is 1. The van der Waals surface area contributed by atoms with Crippen molar-refractivity contribution in [2.24, 2.45) is 0 Å². The molecule has 0 fully saturated rings. The average Bonchev–Trinajstić information content (AvgIpc) is 2.39. The van der Waals surface area contributed by atoms with E-state index in [9.17, 15) is 10.2 Å². The molecule has 5 heteroatoms. The molecule has 1 unspecified atom stereocenters. The van der Waals surface area contributed by atoms with Crippen molar-refractivity contribution in [3.63, 3.8) is 0 Å². The number of aromatic hydroxyl groups is 2. The van der Waals surface area contributed by atoms with Crippen molar-refractivity contribution < 1.29 is 10.2 Å². The minimum absolute atomic E-state index is 0.00460. The van der Waals surface area contributed by atoms with Crippen LogP contribution in [0.5, 0.6) is 11.5 Å². The first kappa shape index (κ1) is 14.2. The summed E-state index contributed by atoms with van der Waals surface area (Å²) in [5.41, 5.74) is 1.95. The third kappa shape index (κ3) is 3.22. The molecule has 0 aliphatic heterocycles. The van der Waals surface area contributed by atoms with Crippen LogP contribution in [-0.2, 0) is 0 Å². The van der Waals surface area contributed by atoms with Crippen molar-refractivity contribution in [1.29, 1.82) is 5.26 Å². The molecule has 2 rings (SSSR count). The summed E-state index contributed by atoms with van der Waals surface area (Å²) in [6, 6.07) is 11.8. The van der Waals surface area contributed by atoms with Gasteiger partial charge in [0, 0.05) is 16.6 Å². The number of anilines is 1. The highest BCUT2D eigenvalue weighted by Crippen LogP contribution is 2.29. The van der Waals surface area contributed by atoms with Gasteiger partial charge in [0.25, 0.3) is 0 Å². The van der Waals surface area contributed by atoms with Gasteiger partial charge in [-0.25, -0.2) is 0 Å². The van der Waals surface area contributed by atoms with Gasteiger partial charge in [0.2, 0.25) is 0 Å². The van der Waals surface area contributed by atoms with Gasteiger partial charge >= 0.3 is 0 Å². The predicted molar refractivity (Wildman–Crippen MR) is 80.7 cm³/mol. The van der Waals surface area contributed by atoms with E-state index in [1.807, 2.05) is 19.1 Å². The van der Waals surface area contributed by atoms with Crippen LogP contribution in [0.4, 0.5) is 5.69 Å². The molecule has 0 spiro atoms. The first-order valence-corrected chi connectivity index (χ1v) is 6.78. The minimum Gasteiger partial charge on any atom is -0.508 e. The van der Waals surface area contributed by atoms with Crippen LogP contribution in [0.2, 0.25) is 0 Å². The fourth-order valence-electron chi connectivity index (χ4n) is 1.92. The normalized spacial score (nSPS) is 11.7. The van der Waals surface area contributed by atoms with Crippen molar-refractivity contribution in [3.05, 3.63) is 52.0 Å². The summed E-state index contributed by atoms with van der Waals surface area (Å²) in [5, 5.41) is 31.3. The lowest BCUT2D eigenvalue weighted by molar-refractivity contribution is 0.448. The maximum absolute atomic E-state index is 9.50. The van der Waals surface area contributed by atoms with Gasteiger partial charge in [0.15, 0.2) is 0 Å². The second-order valence-electron chi connectivity index (χ2n) is 4.45. The molecule has 3 N–H and O–H groups in total. The Bertz CT molecular complexity index is 660. The van der Waals surface area contributed by atoms with Crippen LogP contribution in [-0.4, -0.2) is 10.2 Å². The fourth-order valence-corrected chi connectivity index (χ4v) is 2.28. The largest absolute Gasteiger partial charge is 0.508 e. The Hall–Kier alpha value is -2.19. The van der Waals surface area contributed by atoms with Crippen molar-refractivity contribution in [1.82, 2.24) is 0 Å². The lowest BCUT2D eigenvalue weighted by atomic mass is 10.1. The number of rotatable bonds is 3. The molecule has 0 aromatic heterocycles. The fraction of sp³-hybridized carbons (Fsp3) is 0.133. The molecular formula is C15H13BrN2O2. The SMILES string of the molecule is CC(Nc1ccc(Br)cc1C#N)c1cc(O)cc(O)c1. The van der Waals surface area contributed by atoms with Gasteiger partial charge in [-0.2, -0.15) is 5.26 Å². The second kappa shape index (κ2) is 5.85. The number of halogens is 1. The Morgan fingerprint density at radius 1 is 1.15 bits per heavy atom. The molecule has 102 valence electrons. The highest BCUT2D eigenvalue weighted by molar-refractivity contribution is 9.10. The molecule has 1 atom stereocenters.